The van der Waals surface area contributed by atoms with Gasteiger partial charge >= 0.3 is 0 Å². The van der Waals surface area contributed by atoms with Gasteiger partial charge in [-0.25, -0.2) is 0 Å². The van der Waals surface area contributed by atoms with Crippen molar-refractivity contribution in [1.29, 1.82) is 0 Å². The Kier molecular flexibility index (Phi) is 78.3. The van der Waals surface area contributed by atoms with Gasteiger partial charge in [0.1, 0.15) is 0 Å². The smallest absolute Gasteiger partial charge is 0.0401 e. The van der Waals surface area contributed by atoms with Crippen LogP contribution < -0.4 is 0 Å². The maximum atomic E-state index is 3.66. The SMILES string of the molecule is C=C(C)C.C=C(C)C.C=C(C)C(=C)C.CC.CC.CC. The van der Waals surface area contributed by atoms with Crippen LogP contribution in [-0.2, 0) is 0 Å². The maximum absolute atomic E-state index is 3.66. The second kappa shape index (κ2) is 43.0. The minimum atomic E-state index is 1.06. The van der Waals surface area contributed by atoms with Crippen LogP contribution in [0.25, 0.3) is 0 Å². The van der Waals surface area contributed by atoms with E-state index in [0.29, 0.717) is 0 Å². The maximum Gasteiger partial charge on any atom is -0.0401 e. The van der Waals surface area contributed by atoms with Crippen LogP contribution in [0, 0.1) is 0 Å². The van der Waals surface area contributed by atoms with Gasteiger partial charge < -0.3 is 0 Å². The quantitative estimate of drug-likeness (QED) is 0.335. The van der Waals surface area contributed by atoms with Crippen LogP contribution in [0.2, 0.25) is 0 Å². The predicted molar refractivity (Wildman–Crippen MR) is 105 cm³/mol. The van der Waals surface area contributed by atoms with Crippen LogP contribution in [0.15, 0.2) is 48.6 Å². The van der Waals surface area contributed by atoms with Gasteiger partial charge in [-0.1, -0.05) is 77.0 Å². The van der Waals surface area contributed by atoms with Crippen LogP contribution in [0.5, 0.6) is 0 Å². The highest BCUT2D eigenvalue weighted by Gasteiger charge is 1.77. The Labute approximate surface area is 132 Å². The monoisotopic (exact) mass is 284 g/mol. The van der Waals surface area contributed by atoms with E-state index in [4.69, 9.17) is 0 Å². The zero-order valence-electron chi connectivity index (χ0n) is 16.8. The summed E-state index contributed by atoms with van der Waals surface area (Å²) in [6, 6.07) is 0. The van der Waals surface area contributed by atoms with Crippen molar-refractivity contribution < 1.29 is 0 Å². The Morgan fingerprint density at radius 1 is 0.400 bits per heavy atom. The number of hydrogen-bond donors (Lipinski definition) is 0. The molecule has 0 N–H and O–H groups in total. The summed E-state index contributed by atoms with van der Waals surface area (Å²) in [6.45, 7) is 38.2. The third-order valence-electron chi connectivity index (χ3n) is 0.729. The molecule has 0 radical (unpaired) electrons. The van der Waals surface area contributed by atoms with E-state index in [1.165, 1.54) is 11.1 Å². The second-order valence-electron chi connectivity index (χ2n) is 3.97. The highest BCUT2D eigenvalue weighted by molar-refractivity contribution is 5.19. The fourth-order valence-electron chi connectivity index (χ4n) is 0. The van der Waals surface area contributed by atoms with Crippen LogP contribution in [0.4, 0.5) is 0 Å². The van der Waals surface area contributed by atoms with Crippen molar-refractivity contribution in [2.24, 2.45) is 0 Å². The third kappa shape index (κ3) is 493. The highest BCUT2D eigenvalue weighted by Crippen LogP contribution is 1.98. The Morgan fingerprint density at radius 2 is 0.450 bits per heavy atom. The molecule has 0 heterocycles. The summed E-state index contributed by atoms with van der Waals surface area (Å²) in [6.07, 6.45) is 0. The lowest BCUT2D eigenvalue weighted by Gasteiger charge is -1.88. The molecule has 124 valence electrons. The van der Waals surface area contributed by atoms with E-state index in [-0.39, 0.29) is 0 Å². The van der Waals surface area contributed by atoms with Crippen molar-refractivity contribution in [3.05, 3.63) is 48.6 Å². The van der Waals surface area contributed by atoms with Gasteiger partial charge in [-0.05, 0) is 41.5 Å². The molecule has 20 heavy (non-hydrogen) atoms. The highest BCUT2D eigenvalue weighted by atomic mass is 13.8. The molecule has 0 unspecified atom stereocenters. The third-order valence-corrected chi connectivity index (χ3v) is 0.729. The predicted octanol–water partition coefficient (Wildman–Crippen LogP) is 8.38. The molecule has 0 spiro atoms. The average Bonchev–Trinajstić information content (AvgIpc) is 2.35. The molecule has 0 aromatic carbocycles. The molecule has 0 nitrogen and oxygen atoms in total. The van der Waals surface area contributed by atoms with Crippen LogP contribution in [0.3, 0.4) is 0 Å². The normalized spacial score (nSPS) is 5.80. The van der Waals surface area contributed by atoms with Crippen LogP contribution in [-0.4, -0.2) is 0 Å². The summed E-state index contributed by atoms with van der Waals surface area (Å²) >= 11 is 0. The number of hydrogen-bond acceptors (Lipinski definition) is 0. The largest absolute Gasteiger partial charge is 0.100 e. The molecular weight excluding hydrogens is 240 g/mol. The van der Waals surface area contributed by atoms with E-state index in [1.807, 2.05) is 83.1 Å². The van der Waals surface area contributed by atoms with Gasteiger partial charge in [0.2, 0.25) is 0 Å². The molecule has 0 amide bonds. The Hall–Kier alpha value is -1.04. The zero-order chi connectivity index (χ0) is 18.3. The van der Waals surface area contributed by atoms with Crippen molar-refractivity contribution in [3.63, 3.8) is 0 Å². The van der Waals surface area contributed by atoms with Crippen molar-refractivity contribution in [3.8, 4) is 0 Å². The lowest BCUT2D eigenvalue weighted by Crippen LogP contribution is -1.67. The summed E-state index contributed by atoms with van der Waals surface area (Å²) in [4.78, 5) is 0. The fourth-order valence-corrected chi connectivity index (χ4v) is 0. The first-order valence-corrected chi connectivity index (χ1v) is 7.66. The first kappa shape index (κ1) is 36.4. The van der Waals surface area contributed by atoms with E-state index in [9.17, 15) is 0 Å². The van der Waals surface area contributed by atoms with Crippen LogP contribution >= 0.6 is 0 Å². The molecule has 0 fully saturated rings. The summed E-state index contributed by atoms with van der Waals surface area (Å²) in [5.41, 5.74) is 4.46. The van der Waals surface area contributed by atoms with Gasteiger partial charge in [-0.2, -0.15) is 0 Å². The van der Waals surface area contributed by atoms with Gasteiger partial charge in [0, 0.05) is 0 Å². The average molecular weight is 285 g/mol. The Morgan fingerprint density at radius 3 is 0.450 bits per heavy atom. The molecule has 0 aromatic heterocycles. The summed E-state index contributed by atoms with van der Waals surface area (Å²) < 4.78 is 0. The molecular formula is C20H44. The Bertz CT molecular complexity index is 172. The van der Waals surface area contributed by atoms with Gasteiger partial charge in [-0.15, -0.1) is 13.2 Å². The van der Waals surface area contributed by atoms with E-state index >= 15 is 0 Å². The summed E-state index contributed by atoms with van der Waals surface area (Å²) in [5, 5.41) is 0. The van der Waals surface area contributed by atoms with E-state index in [2.05, 4.69) is 26.3 Å². The molecule has 0 heteroatoms. The molecule has 0 aliphatic heterocycles. The van der Waals surface area contributed by atoms with Gasteiger partial charge in [0.05, 0.1) is 0 Å². The van der Waals surface area contributed by atoms with Crippen molar-refractivity contribution >= 4 is 0 Å². The molecule has 0 saturated carbocycles. The minimum Gasteiger partial charge on any atom is -0.100 e. The zero-order valence-corrected chi connectivity index (χ0v) is 16.8. The minimum absolute atomic E-state index is 1.06. The van der Waals surface area contributed by atoms with Crippen molar-refractivity contribution in [2.45, 2.75) is 83.1 Å². The Balaban J connectivity index is -0.0000000315. The van der Waals surface area contributed by atoms with Gasteiger partial charge in [-0.3, -0.25) is 0 Å². The number of rotatable bonds is 1. The van der Waals surface area contributed by atoms with E-state index in [0.717, 1.165) is 11.1 Å². The molecule has 0 aliphatic rings. The lowest BCUT2D eigenvalue weighted by atomic mass is 10.2. The van der Waals surface area contributed by atoms with E-state index < -0.39 is 0 Å². The fraction of sp³-hybridized carbons (Fsp3) is 0.600. The summed E-state index contributed by atoms with van der Waals surface area (Å²) in [7, 11) is 0. The van der Waals surface area contributed by atoms with E-state index in [1.54, 1.807) is 0 Å². The lowest BCUT2D eigenvalue weighted by molar-refractivity contribution is 1.39. The standard InChI is InChI=1S/C6H10.2C4H8.3C2H6/c1-5(2)6(3)4;2*1-4(2)3;3*1-2/h1,3H2,2,4H3;2*1H2,2-3H3;3*1-2H3. The number of allylic oxidation sites excluding steroid dienone is 4. The van der Waals surface area contributed by atoms with Gasteiger partial charge in [0.25, 0.3) is 0 Å². The molecule has 0 bridgehead atoms. The first-order valence-electron chi connectivity index (χ1n) is 7.66. The molecule has 0 atom stereocenters. The van der Waals surface area contributed by atoms with Crippen molar-refractivity contribution in [1.82, 2.24) is 0 Å². The first-order chi connectivity index (χ1) is 9.11. The van der Waals surface area contributed by atoms with Gasteiger partial charge in [0.15, 0.2) is 0 Å². The molecule has 0 rings (SSSR count). The van der Waals surface area contributed by atoms with Crippen LogP contribution in [0.1, 0.15) is 83.1 Å². The van der Waals surface area contributed by atoms with Crippen molar-refractivity contribution in [2.75, 3.05) is 0 Å². The molecule has 0 aromatic rings. The topological polar surface area (TPSA) is 0 Å². The molecule has 0 saturated heterocycles. The molecule has 0 aliphatic carbocycles. The summed E-state index contributed by atoms with van der Waals surface area (Å²) in [5.74, 6) is 0. The second-order valence-corrected chi connectivity index (χ2v) is 3.97.